The minimum Gasteiger partial charge on any atom is -0.473 e. The van der Waals surface area contributed by atoms with Crippen LogP contribution in [0.3, 0.4) is 0 Å². The van der Waals surface area contributed by atoms with Gasteiger partial charge in [-0.3, -0.25) is 4.79 Å². The van der Waals surface area contributed by atoms with E-state index in [9.17, 15) is 9.90 Å². The van der Waals surface area contributed by atoms with Crippen LogP contribution in [-0.2, 0) is 14.4 Å². The topological polar surface area (TPSA) is 150 Å². The van der Waals surface area contributed by atoms with Crippen molar-refractivity contribution in [3.63, 3.8) is 0 Å². The van der Waals surface area contributed by atoms with E-state index in [1.807, 2.05) is 13.8 Å². The van der Waals surface area contributed by atoms with Crippen molar-refractivity contribution in [1.82, 2.24) is 5.32 Å². The first-order valence-electron chi connectivity index (χ1n) is 7.21. The van der Waals surface area contributed by atoms with Gasteiger partial charge < -0.3 is 26.4 Å². The fourth-order valence-electron chi connectivity index (χ4n) is 1.88. The first-order chi connectivity index (χ1) is 10.1. The van der Waals surface area contributed by atoms with Crippen LogP contribution in [0.1, 0.15) is 39.5 Å². The lowest BCUT2D eigenvalue weighted by atomic mass is 9.86. The van der Waals surface area contributed by atoms with E-state index in [1.54, 1.807) is 0 Å². The molecular weight excluding hydrogens is 292 g/mol. The predicted molar refractivity (Wildman–Crippen MR) is 79.1 cm³/mol. The van der Waals surface area contributed by atoms with Crippen LogP contribution in [0.5, 0.6) is 0 Å². The zero-order chi connectivity index (χ0) is 17.3. The van der Waals surface area contributed by atoms with E-state index in [-0.39, 0.29) is 23.3 Å². The Morgan fingerprint density at radius 1 is 1.09 bits per heavy atom. The number of carbonyl (C=O) groups excluding carboxylic acids is 1. The van der Waals surface area contributed by atoms with E-state index in [0.29, 0.717) is 13.1 Å². The van der Waals surface area contributed by atoms with Crippen molar-refractivity contribution in [2.75, 3.05) is 13.1 Å². The molecule has 8 heteroatoms. The molecule has 0 aromatic carbocycles. The molecular formula is C14H26N2O6. The maximum atomic E-state index is 11.8. The van der Waals surface area contributed by atoms with Crippen molar-refractivity contribution in [3.8, 4) is 0 Å². The number of nitrogens with two attached hydrogens (primary N) is 1. The molecule has 6 N–H and O–H groups in total. The highest BCUT2D eigenvalue weighted by atomic mass is 16.4. The summed E-state index contributed by atoms with van der Waals surface area (Å²) in [6.07, 6.45) is 2.90. The van der Waals surface area contributed by atoms with Gasteiger partial charge >= 0.3 is 11.9 Å². The molecule has 0 spiro atoms. The number of rotatable bonds is 4. The quantitative estimate of drug-likeness (QED) is 0.450. The molecule has 1 saturated carbocycles. The van der Waals surface area contributed by atoms with Crippen LogP contribution in [-0.4, -0.2) is 52.4 Å². The van der Waals surface area contributed by atoms with Gasteiger partial charge in [-0.05, 0) is 37.6 Å². The third-order valence-corrected chi connectivity index (χ3v) is 3.54. The Bertz CT molecular complexity index is 377. The van der Waals surface area contributed by atoms with Gasteiger partial charge in [0.15, 0.2) is 0 Å². The Hall–Kier alpha value is -1.67. The van der Waals surface area contributed by atoms with Gasteiger partial charge in [0.25, 0.3) is 0 Å². The number of carboxylic acids is 2. The molecule has 0 bridgehead atoms. The molecule has 0 atom stereocenters. The molecule has 1 amide bonds. The number of aliphatic hydroxyl groups is 1. The third kappa shape index (κ3) is 8.58. The van der Waals surface area contributed by atoms with Crippen LogP contribution in [0.4, 0.5) is 0 Å². The Morgan fingerprint density at radius 2 is 1.55 bits per heavy atom. The summed E-state index contributed by atoms with van der Waals surface area (Å²) >= 11 is 0. The number of carboxylic acid groups (broad SMARTS) is 2. The smallest absolute Gasteiger partial charge is 0.414 e. The molecule has 0 saturated heterocycles. The molecule has 0 aromatic heterocycles. The molecule has 1 rings (SSSR count). The Labute approximate surface area is 129 Å². The zero-order valence-corrected chi connectivity index (χ0v) is 13.0. The highest BCUT2D eigenvalue weighted by Crippen LogP contribution is 2.24. The summed E-state index contributed by atoms with van der Waals surface area (Å²) in [7, 11) is 0. The molecule has 0 unspecified atom stereocenters. The molecule has 1 aliphatic rings. The highest BCUT2D eigenvalue weighted by Gasteiger charge is 2.26. The van der Waals surface area contributed by atoms with Crippen molar-refractivity contribution in [1.29, 1.82) is 0 Å². The second-order valence-electron chi connectivity index (χ2n) is 6.20. The van der Waals surface area contributed by atoms with E-state index in [1.165, 1.54) is 0 Å². The zero-order valence-electron chi connectivity index (χ0n) is 13.0. The Balaban J connectivity index is 0.000000626. The average Bonchev–Trinajstić information content (AvgIpc) is 2.46. The number of aliphatic carboxylic acids is 2. The first-order valence-corrected chi connectivity index (χ1v) is 7.21. The number of carbonyl (C=O) groups is 3. The van der Waals surface area contributed by atoms with Crippen LogP contribution in [0.15, 0.2) is 0 Å². The van der Waals surface area contributed by atoms with Gasteiger partial charge in [-0.2, -0.15) is 0 Å². The maximum absolute atomic E-state index is 11.8. The average molecular weight is 318 g/mol. The molecule has 1 fully saturated rings. The molecule has 22 heavy (non-hydrogen) atoms. The number of amides is 1. The van der Waals surface area contributed by atoms with E-state index >= 15 is 0 Å². The van der Waals surface area contributed by atoms with Crippen LogP contribution >= 0.6 is 0 Å². The lowest BCUT2D eigenvalue weighted by Crippen LogP contribution is -2.41. The highest BCUT2D eigenvalue weighted by molar-refractivity contribution is 6.27. The van der Waals surface area contributed by atoms with Crippen molar-refractivity contribution in [3.05, 3.63) is 0 Å². The SMILES string of the molecule is CC(C)(CN)CNC(=O)C1CCC(O)CC1.O=C(O)C(=O)O. The molecule has 128 valence electrons. The maximum Gasteiger partial charge on any atom is 0.414 e. The number of aliphatic hydroxyl groups excluding tert-OH is 1. The van der Waals surface area contributed by atoms with Crippen LogP contribution < -0.4 is 11.1 Å². The molecule has 1 aliphatic carbocycles. The van der Waals surface area contributed by atoms with Crippen LogP contribution in [0, 0.1) is 11.3 Å². The first kappa shape index (κ1) is 20.3. The summed E-state index contributed by atoms with van der Waals surface area (Å²) in [5.41, 5.74) is 5.57. The normalized spacial score (nSPS) is 21.3. The van der Waals surface area contributed by atoms with Crippen molar-refractivity contribution in [2.45, 2.75) is 45.6 Å². The van der Waals surface area contributed by atoms with Gasteiger partial charge in [0.1, 0.15) is 0 Å². The standard InChI is InChI=1S/C12H24N2O2.C2H2O4/c1-12(2,7-13)8-14-11(16)9-3-5-10(15)6-4-9;3-1(4)2(5)6/h9-10,15H,3-8,13H2,1-2H3,(H,14,16);(H,3,4)(H,5,6). The van der Waals surface area contributed by atoms with E-state index in [0.717, 1.165) is 25.7 Å². The summed E-state index contributed by atoms with van der Waals surface area (Å²) in [5.74, 6) is -3.45. The lowest BCUT2D eigenvalue weighted by Gasteiger charge is -2.27. The second-order valence-corrected chi connectivity index (χ2v) is 6.20. The predicted octanol–water partition coefficient (Wildman–Crippen LogP) is -0.206. The van der Waals surface area contributed by atoms with Gasteiger partial charge in [0.2, 0.25) is 5.91 Å². The third-order valence-electron chi connectivity index (χ3n) is 3.54. The van der Waals surface area contributed by atoms with Crippen LogP contribution in [0.2, 0.25) is 0 Å². The van der Waals surface area contributed by atoms with E-state index in [2.05, 4.69) is 5.32 Å². The number of nitrogens with one attached hydrogen (secondary N) is 1. The van der Waals surface area contributed by atoms with Gasteiger partial charge in [0, 0.05) is 12.5 Å². The molecule has 8 nitrogen and oxygen atoms in total. The van der Waals surface area contributed by atoms with E-state index < -0.39 is 11.9 Å². The minimum atomic E-state index is -1.82. The van der Waals surface area contributed by atoms with Gasteiger partial charge in [0.05, 0.1) is 6.10 Å². The monoisotopic (exact) mass is 318 g/mol. The van der Waals surface area contributed by atoms with Crippen molar-refractivity contribution in [2.24, 2.45) is 17.1 Å². The molecule has 0 radical (unpaired) electrons. The molecule has 0 heterocycles. The van der Waals surface area contributed by atoms with Crippen molar-refractivity contribution < 1.29 is 29.7 Å². The second kappa shape index (κ2) is 9.37. The summed E-state index contributed by atoms with van der Waals surface area (Å²) in [6.45, 7) is 5.27. The molecule has 0 aromatic rings. The number of hydrogen-bond donors (Lipinski definition) is 5. The van der Waals surface area contributed by atoms with Gasteiger partial charge in [-0.1, -0.05) is 13.8 Å². The summed E-state index contributed by atoms with van der Waals surface area (Å²) in [5, 5.41) is 27.1. The Kier molecular flexibility index (Phi) is 8.66. The fourth-order valence-corrected chi connectivity index (χ4v) is 1.88. The van der Waals surface area contributed by atoms with Gasteiger partial charge in [-0.15, -0.1) is 0 Å². The summed E-state index contributed by atoms with van der Waals surface area (Å²) in [4.78, 5) is 30.0. The van der Waals surface area contributed by atoms with E-state index in [4.69, 9.17) is 25.5 Å². The number of hydrogen-bond acceptors (Lipinski definition) is 5. The summed E-state index contributed by atoms with van der Waals surface area (Å²) in [6, 6.07) is 0. The minimum absolute atomic E-state index is 0.0379. The molecule has 0 aliphatic heterocycles. The van der Waals surface area contributed by atoms with Crippen LogP contribution in [0.25, 0.3) is 0 Å². The Morgan fingerprint density at radius 3 is 1.91 bits per heavy atom. The van der Waals surface area contributed by atoms with Gasteiger partial charge in [-0.25, -0.2) is 9.59 Å². The fraction of sp³-hybridized carbons (Fsp3) is 0.786. The lowest BCUT2D eigenvalue weighted by molar-refractivity contribution is -0.159. The largest absolute Gasteiger partial charge is 0.473 e. The summed E-state index contributed by atoms with van der Waals surface area (Å²) < 4.78 is 0. The van der Waals surface area contributed by atoms with Crippen molar-refractivity contribution >= 4 is 17.8 Å².